The van der Waals surface area contributed by atoms with Crippen molar-refractivity contribution < 1.29 is 17.9 Å². The van der Waals surface area contributed by atoms with Crippen molar-refractivity contribution in [3.63, 3.8) is 0 Å². The molecule has 1 fully saturated rings. The summed E-state index contributed by atoms with van der Waals surface area (Å²) in [4.78, 5) is 16.5. The predicted molar refractivity (Wildman–Crippen MR) is 101 cm³/mol. The van der Waals surface area contributed by atoms with Gasteiger partial charge in [0.2, 0.25) is 15.9 Å². The molecular weight excluding hydrogens is 412 g/mol. The third-order valence-corrected chi connectivity index (χ3v) is 6.42. The number of piperazine rings is 1. The molecule has 0 aliphatic carbocycles. The van der Waals surface area contributed by atoms with Crippen molar-refractivity contribution in [2.24, 2.45) is 5.73 Å². The molecule has 0 bridgehead atoms. The average molecular weight is 433 g/mol. The molecule has 3 rings (SSSR count). The van der Waals surface area contributed by atoms with E-state index in [1.54, 1.807) is 6.92 Å². The highest BCUT2D eigenvalue weighted by Gasteiger charge is 2.31. The number of nitro groups is 1. The standard InChI is InChI=1S/C15H20N6O5S.ClH/c1-11-2-3-12(21(22)23)8-13(11)27(24,25)20-6-4-19(5-7-20)10-14-17-15(9-16)26-18-14;/h2-3,8H,4-7,9-10,16H2,1H3;1H. The van der Waals surface area contributed by atoms with E-state index in [1.807, 2.05) is 4.90 Å². The summed E-state index contributed by atoms with van der Waals surface area (Å²) < 4.78 is 32.1. The van der Waals surface area contributed by atoms with Gasteiger partial charge in [-0.05, 0) is 12.5 Å². The number of sulfonamides is 1. The zero-order valence-electron chi connectivity index (χ0n) is 15.1. The second-order valence-corrected chi connectivity index (χ2v) is 8.10. The number of non-ortho nitro benzene ring substituents is 1. The molecule has 154 valence electrons. The molecule has 1 aromatic heterocycles. The van der Waals surface area contributed by atoms with Gasteiger partial charge in [-0.1, -0.05) is 11.2 Å². The van der Waals surface area contributed by atoms with Gasteiger partial charge in [0.15, 0.2) is 5.82 Å². The quantitative estimate of drug-likeness (QED) is 0.513. The number of halogens is 1. The third kappa shape index (κ3) is 4.64. The van der Waals surface area contributed by atoms with Gasteiger partial charge in [-0.2, -0.15) is 9.29 Å². The lowest BCUT2D eigenvalue weighted by atomic mass is 10.2. The molecule has 1 aliphatic heterocycles. The van der Waals surface area contributed by atoms with Crippen molar-refractivity contribution in [1.82, 2.24) is 19.3 Å². The van der Waals surface area contributed by atoms with Crippen molar-refractivity contribution in [1.29, 1.82) is 0 Å². The molecule has 1 aliphatic rings. The maximum Gasteiger partial charge on any atom is 0.270 e. The van der Waals surface area contributed by atoms with E-state index in [1.165, 1.54) is 16.4 Å². The van der Waals surface area contributed by atoms with E-state index in [0.29, 0.717) is 36.9 Å². The summed E-state index contributed by atoms with van der Waals surface area (Å²) in [5, 5.41) is 14.8. The number of nitro benzene ring substituents is 1. The molecule has 0 radical (unpaired) electrons. The highest BCUT2D eigenvalue weighted by atomic mass is 35.5. The number of hydrogen-bond donors (Lipinski definition) is 1. The van der Waals surface area contributed by atoms with Crippen LogP contribution in [0.1, 0.15) is 17.3 Å². The van der Waals surface area contributed by atoms with Crippen molar-refractivity contribution >= 4 is 28.1 Å². The summed E-state index contributed by atoms with van der Waals surface area (Å²) in [5.41, 5.74) is 5.67. The molecule has 0 atom stereocenters. The maximum atomic E-state index is 12.9. The largest absolute Gasteiger partial charge is 0.338 e. The van der Waals surface area contributed by atoms with Crippen LogP contribution in [0.4, 0.5) is 5.69 Å². The normalized spacial score (nSPS) is 15.9. The van der Waals surface area contributed by atoms with Crippen LogP contribution >= 0.6 is 12.4 Å². The zero-order chi connectivity index (χ0) is 19.6. The summed E-state index contributed by atoms with van der Waals surface area (Å²) in [6.07, 6.45) is 0. The Balaban J connectivity index is 0.00000280. The number of nitrogens with zero attached hydrogens (tertiary/aromatic N) is 5. The fourth-order valence-electron chi connectivity index (χ4n) is 2.88. The van der Waals surface area contributed by atoms with E-state index >= 15 is 0 Å². The van der Waals surface area contributed by atoms with Crippen molar-refractivity contribution in [3.05, 3.63) is 45.6 Å². The number of aryl methyl sites for hydroxylation is 1. The van der Waals surface area contributed by atoms with E-state index in [-0.39, 0.29) is 42.6 Å². The Hall–Kier alpha value is -2.12. The van der Waals surface area contributed by atoms with E-state index in [0.717, 1.165) is 6.07 Å². The van der Waals surface area contributed by atoms with Crippen LogP contribution in [0.3, 0.4) is 0 Å². The van der Waals surface area contributed by atoms with Gasteiger partial charge in [0, 0.05) is 38.3 Å². The molecule has 1 saturated heterocycles. The van der Waals surface area contributed by atoms with Crippen LogP contribution in [0.25, 0.3) is 0 Å². The minimum atomic E-state index is -3.81. The molecule has 13 heteroatoms. The van der Waals surface area contributed by atoms with E-state index in [4.69, 9.17) is 10.3 Å². The van der Waals surface area contributed by atoms with Gasteiger partial charge in [-0.25, -0.2) is 8.42 Å². The minimum Gasteiger partial charge on any atom is -0.338 e. The lowest BCUT2D eigenvalue weighted by Crippen LogP contribution is -2.48. The van der Waals surface area contributed by atoms with Gasteiger partial charge in [-0.3, -0.25) is 15.0 Å². The molecule has 11 nitrogen and oxygen atoms in total. The molecule has 0 unspecified atom stereocenters. The van der Waals surface area contributed by atoms with Gasteiger partial charge >= 0.3 is 0 Å². The van der Waals surface area contributed by atoms with Crippen LogP contribution in [-0.2, 0) is 23.1 Å². The first-order chi connectivity index (χ1) is 12.8. The van der Waals surface area contributed by atoms with Gasteiger partial charge in [0.1, 0.15) is 0 Å². The smallest absolute Gasteiger partial charge is 0.270 e. The molecule has 0 saturated carbocycles. The van der Waals surface area contributed by atoms with Crippen molar-refractivity contribution in [3.8, 4) is 0 Å². The topological polar surface area (TPSA) is 149 Å². The number of nitrogens with two attached hydrogens (primary N) is 1. The summed E-state index contributed by atoms with van der Waals surface area (Å²) in [7, 11) is -3.81. The van der Waals surface area contributed by atoms with Crippen LogP contribution < -0.4 is 5.73 Å². The lowest BCUT2D eigenvalue weighted by molar-refractivity contribution is -0.385. The maximum absolute atomic E-state index is 12.9. The number of hydrogen-bond acceptors (Lipinski definition) is 9. The minimum absolute atomic E-state index is 0. The molecule has 1 aromatic carbocycles. The fraction of sp³-hybridized carbons (Fsp3) is 0.467. The Labute approximate surface area is 168 Å². The van der Waals surface area contributed by atoms with Crippen LogP contribution in [0.5, 0.6) is 0 Å². The Morgan fingerprint density at radius 2 is 1.96 bits per heavy atom. The first-order valence-corrected chi connectivity index (χ1v) is 9.74. The first-order valence-electron chi connectivity index (χ1n) is 8.30. The Morgan fingerprint density at radius 3 is 2.54 bits per heavy atom. The van der Waals surface area contributed by atoms with Gasteiger partial charge in [0.25, 0.3) is 5.69 Å². The summed E-state index contributed by atoms with van der Waals surface area (Å²) in [5.74, 6) is 0.855. The predicted octanol–water partition coefficient (Wildman–Crippen LogP) is 0.673. The summed E-state index contributed by atoms with van der Waals surface area (Å²) in [6.45, 7) is 3.74. The summed E-state index contributed by atoms with van der Waals surface area (Å²) >= 11 is 0. The number of rotatable bonds is 6. The number of aromatic nitrogens is 2. The van der Waals surface area contributed by atoms with Crippen LogP contribution in [0.15, 0.2) is 27.6 Å². The van der Waals surface area contributed by atoms with Gasteiger partial charge < -0.3 is 10.3 Å². The fourth-order valence-corrected chi connectivity index (χ4v) is 4.55. The summed E-state index contributed by atoms with van der Waals surface area (Å²) in [6, 6.07) is 3.87. The number of benzene rings is 1. The van der Waals surface area contributed by atoms with Crippen molar-refractivity contribution in [2.75, 3.05) is 26.2 Å². The Kier molecular flexibility index (Phi) is 7.06. The molecule has 0 spiro atoms. The second-order valence-electron chi connectivity index (χ2n) is 6.20. The van der Waals surface area contributed by atoms with Gasteiger partial charge in [-0.15, -0.1) is 12.4 Å². The first kappa shape index (κ1) is 22.2. The molecule has 2 N–H and O–H groups in total. The monoisotopic (exact) mass is 432 g/mol. The molecule has 0 amide bonds. The Bertz CT molecular complexity index is 942. The zero-order valence-corrected chi connectivity index (χ0v) is 16.8. The van der Waals surface area contributed by atoms with Crippen LogP contribution in [0, 0.1) is 17.0 Å². The Morgan fingerprint density at radius 1 is 1.29 bits per heavy atom. The second kappa shape index (κ2) is 8.92. The molecule has 2 aromatic rings. The third-order valence-electron chi connectivity index (χ3n) is 4.38. The molecule has 28 heavy (non-hydrogen) atoms. The van der Waals surface area contributed by atoms with Gasteiger partial charge in [0.05, 0.1) is 22.9 Å². The van der Waals surface area contributed by atoms with E-state index in [9.17, 15) is 18.5 Å². The van der Waals surface area contributed by atoms with Crippen molar-refractivity contribution in [2.45, 2.75) is 24.9 Å². The average Bonchev–Trinajstić information content (AvgIpc) is 3.09. The van der Waals surface area contributed by atoms with Crippen LogP contribution in [0.2, 0.25) is 0 Å². The van der Waals surface area contributed by atoms with Crippen LogP contribution in [-0.4, -0.2) is 58.9 Å². The molecule has 2 heterocycles. The highest BCUT2D eigenvalue weighted by molar-refractivity contribution is 7.89. The SMILES string of the molecule is Cc1ccc([N+](=O)[O-])cc1S(=O)(=O)N1CCN(Cc2noc(CN)n2)CC1.Cl. The lowest BCUT2D eigenvalue weighted by Gasteiger charge is -2.33. The molecular formula is C15H21ClN6O5S. The van der Waals surface area contributed by atoms with E-state index in [2.05, 4.69) is 10.1 Å². The van der Waals surface area contributed by atoms with E-state index < -0.39 is 14.9 Å². The highest BCUT2D eigenvalue weighted by Crippen LogP contribution is 2.25.